The van der Waals surface area contributed by atoms with E-state index in [1.807, 2.05) is 0 Å². The van der Waals surface area contributed by atoms with Gasteiger partial charge in [-0.25, -0.2) is 0 Å². The number of benzene rings is 1. The highest BCUT2D eigenvalue weighted by molar-refractivity contribution is 5.22. The summed E-state index contributed by atoms with van der Waals surface area (Å²) in [6, 6.07) is 8.93. The zero-order chi connectivity index (χ0) is 12.7. The Morgan fingerprint density at radius 2 is 1.71 bits per heavy atom. The number of rotatable bonds is 7. The topological polar surface area (TPSA) is 15.3 Å². The molecule has 0 amide bonds. The molecule has 1 aromatic carbocycles. The summed E-state index contributed by atoms with van der Waals surface area (Å²) < 4.78 is 0. The van der Waals surface area contributed by atoms with Crippen molar-refractivity contribution in [2.24, 2.45) is 5.92 Å². The van der Waals surface area contributed by atoms with E-state index in [0.29, 0.717) is 5.92 Å². The number of nitrogens with zero attached hydrogens (tertiary/aromatic N) is 1. The Labute approximate surface area is 106 Å². The molecule has 96 valence electrons. The summed E-state index contributed by atoms with van der Waals surface area (Å²) in [6.45, 7) is 10.8. The first-order chi connectivity index (χ1) is 8.11. The van der Waals surface area contributed by atoms with E-state index in [2.05, 4.69) is 62.3 Å². The van der Waals surface area contributed by atoms with Crippen LogP contribution in [0.15, 0.2) is 24.3 Å². The van der Waals surface area contributed by atoms with Crippen molar-refractivity contribution in [2.75, 3.05) is 20.1 Å². The molecule has 17 heavy (non-hydrogen) atoms. The lowest BCUT2D eigenvalue weighted by Crippen LogP contribution is -2.19. The molecule has 1 rings (SSSR count). The lowest BCUT2D eigenvalue weighted by Gasteiger charge is -2.14. The highest BCUT2D eigenvalue weighted by Crippen LogP contribution is 2.06. The van der Waals surface area contributed by atoms with E-state index in [1.54, 1.807) is 0 Å². The molecule has 0 radical (unpaired) electrons. The molecule has 1 aromatic rings. The highest BCUT2D eigenvalue weighted by atomic mass is 15.1. The average molecular weight is 234 g/mol. The fourth-order valence-electron chi connectivity index (χ4n) is 1.69. The molecular weight excluding hydrogens is 208 g/mol. The molecule has 0 saturated heterocycles. The second kappa shape index (κ2) is 7.46. The first kappa shape index (κ1) is 14.2. The van der Waals surface area contributed by atoms with Gasteiger partial charge in [0.1, 0.15) is 0 Å². The second-order valence-corrected chi connectivity index (χ2v) is 5.17. The smallest absolute Gasteiger partial charge is 0.0230 e. The normalized spacial score (nSPS) is 11.4. The molecule has 0 aliphatic rings. The van der Waals surface area contributed by atoms with Crippen LogP contribution in [0, 0.1) is 5.92 Å². The van der Waals surface area contributed by atoms with Crippen molar-refractivity contribution in [2.45, 2.75) is 33.9 Å². The predicted octanol–water partition coefficient (Wildman–Crippen LogP) is 2.88. The van der Waals surface area contributed by atoms with Crippen LogP contribution in [0.25, 0.3) is 0 Å². The maximum Gasteiger partial charge on any atom is 0.0230 e. The summed E-state index contributed by atoms with van der Waals surface area (Å²) in [5.41, 5.74) is 2.76. The Kier molecular flexibility index (Phi) is 6.23. The second-order valence-electron chi connectivity index (χ2n) is 5.17. The van der Waals surface area contributed by atoms with Gasteiger partial charge < -0.3 is 10.2 Å². The van der Waals surface area contributed by atoms with Gasteiger partial charge in [-0.3, -0.25) is 0 Å². The van der Waals surface area contributed by atoms with Crippen LogP contribution in [0.5, 0.6) is 0 Å². The van der Waals surface area contributed by atoms with E-state index < -0.39 is 0 Å². The van der Waals surface area contributed by atoms with Crippen LogP contribution in [0.2, 0.25) is 0 Å². The van der Waals surface area contributed by atoms with Gasteiger partial charge in [0.15, 0.2) is 0 Å². The van der Waals surface area contributed by atoms with Gasteiger partial charge in [-0.1, -0.05) is 45.0 Å². The lowest BCUT2D eigenvalue weighted by atomic mass is 10.1. The molecule has 0 aromatic heterocycles. The van der Waals surface area contributed by atoms with E-state index in [0.717, 1.165) is 26.2 Å². The van der Waals surface area contributed by atoms with Gasteiger partial charge in [0.25, 0.3) is 0 Å². The summed E-state index contributed by atoms with van der Waals surface area (Å²) >= 11 is 0. The van der Waals surface area contributed by atoms with E-state index >= 15 is 0 Å². The van der Waals surface area contributed by atoms with Crippen LogP contribution in [-0.4, -0.2) is 25.0 Å². The van der Waals surface area contributed by atoms with Crippen LogP contribution in [0.4, 0.5) is 0 Å². The van der Waals surface area contributed by atoms with Crippen LogP contribution in [0.3, 0.4) is 0 Å². The van der Waals surface area contributed by atoms with Crippen molar-refractivity contribution < 1.29 is 0 Å². The third-order valence-electron chi connectivity index (χ3n) is 2.90. The van der Waals surface area contributed by atoms with E-state index in [1.165, 1.54) is 11.1 Å². The molecule has 0 spiro atoms. The average Bonchev–Trinajstić information content (AvgIpc) is 2.31. The van der Waals surface area contributed by atoms with Crippen molar-refractivity contribution in [3.05, 3.63) is 35.4 Å². The summed E-state index contributed by atoms with van der Waals surface area (Å²) in [5.74, 6) is 0.715. The van der Waals surface area contributed by atoms with Crippen molar-refractivity contribution in [3.63, 3.8) is 0 Å². The van der Waals surface area contributed by atoms with E-state index in [-0.39, 0.29) is 0 Å². The van der Waals surface area contributed by atoms with Crippen LogP contribution >= 0.6 is 0 Å². The van der Waals surface area contributed by atoms with Crippen molar-refractivity contribution in [1.82, 2.24) is 10.2 Å². The monoisotopic (exact) mass is 234 g/mol. The molecule has 0 saturated carbocycles. The summed E-state index contributed by atoms with van der Waals surface area (Å²) in [4.78, 5) is 2.31. The van der Waals surface area contributed by atoms with Crippen molar-refractivity contribution in [3.8, 4) is 0 Å². The maximum absolute atomic E-state index is 3.46. The molecule has 0 bridgehead atoms. The third kappa shape index (κ3) is 5.85. The molecule has 0 unspecified atom stereocenters. The van der Waals surface area contributed by atoms with Gasteiger partial charge in [-0.05, 0) is 37.2 Å². The van der Waals surface area contributed by atoms with Crippen molar-refractivity contribution in [1.29, 1.82) is 0 Å². The van der Waals surface area contributed by atoms with Crippen molar-refractivity contribution >= 4 is 0 Å². The minimum Gasteiger partial charge on any atom is -0.312 e. The number of nitrogens with one attached hydrogen (secondary N) is 1. The van der Waals surface area contributed by atoms with Gasteiger partial charge >= 0.3 is 0 Å². The Morgan fingerprint density at radius 3 is 2.24 bits per heavy atom. The van der Waals surface area contributed by atoms with Crippen LogP contribution in [0.1, 0.15) is 31.9 Å². The minimum atomic E-state index is 0.715. The zero-order valence-corrected chi connectivity index (χ0v) is 11.7. The quantitative estimate of drug-likeness (QED) is 0.780. The van der Waals surface area contributed by atoms with Gasteiger partial charge in [-0.15, -0.1) is 0 Å². The predicted molar refractivity (Wildman–Crippen MR) is 75.0 cm³/mol. The molecule has 2 heteroatoms. The molecule has 0 aliphatic heterocycles. The number of hydrogen-bond donors (Lipinski definition) is 1. The maximum atomic E-state index is 3.46. The van der Waals surface area contributed by atoms with Crippen LogP contribution < -0.4 is 5.32 Å². The summed E-state index contributed by atoms with van der Waals surface area (Å²) in [5, 5.41) is 3.46. The largest absolute Gasteiger partial charge is 0.312 e. The van der Waals surface area contributed by atoms with E-state index in [4.69, 9.17) is 0 Å². The number of hydrogen-bond acceptors (Lipinski definition) is 2. The highest BCUT2D eigenvalue weighted by Gasteiger charge is 1.99. The molecule has 2 nitrogen and oxygen atoms in total. The molecule has 0 fully saturated rings. The van der Waals surface area contributed by atoms with Gasteiger partial charge in [0, 0.05) is 13.1 Å². The summed E-state index contributed by atoms with van der Waals surface area (Å²) in [7, 11) is 2.15. The molecule has 1 N–H and O–H groups in total. The minimum absolute atomic E-state index is 0.715. The zero-order valence-electron chi connectivity index (χ0n) is 11.7. The van der Waals surface area contributed by atoms with Crippen LogP contribution in [-0.2, 0) is 13.1 Å². The first-order valence-electron chi connectivity index (χ1n) is 6.59. The molecule has 0 heterocycles. The first-order valence-corrected chi connectivity index (χ1v) is 6.59. The van der Waals surface area contributed by atoms with Gasteiger partial charge in [0.05, 0.1) is 0 Å². The SMILES string of the molecule is CCN(C)Cc1ccc(CNCC(C)C)cc1. The van der Waals surface area contributed by atoms with Gasteiger partial charge in [0.2, 0.25) is 0 Å². The lowest BCUT2D eigenvalue weighted by molar-refractivity contribution is 0.346. The fourth-order valence-corrected chi connectivity index (χ4v) is 1.69. The standard InChI is InChI=1S/C15H26N2/c1-5-17(4)12-15-8-6-14(7-9-15)11-16-10-13(2)3/h6-9,13,16H,5,10-12H2,1-4H3. The Morgan fingerprint density at radius 1 is 1.12 bits per heavy atom. The van der Waals surface area contributed by atoms with E-state index in [9.17, 15) is 0 Å². The Bertz CT molecular complexity index is 303. The molecule has 0 atom stereocenters. The molecule has 0 aliphatic carbocycles. The third-order valence-corrected chi connectivity index (χ3v) is 2.90. The Hall–Kier alpha value is -0.860. The summed E-state index contributed by atoms with van der Waals surface area (Å²) in [6.07, 6.45) is 0. The van der Waals surface area contributed by atoms with Gasteiger partial charge in [-0.2, -0.15) is 0 Å². The fraction of sp³-hybridized carbons (Fsp3) is 0.600. The molecular formula is C15H26N2. The Balaban J connectivity index is 2.39.